The van der Waals surface area contributed by atoms with Crippen LogP contribution in [0.1, 0.15) is 27.8 Å². The van der Waals surface area contributed by atoms with Crippen LogP contribution in [-0.4, -0.2) is 12.6 Å². The second-order valence-electron chi connectivity index (χ2n) is 21.5. The minimum absolute atomic E-state index is 0.860. The monoisotopic (exact) mass is 957 g/mol. The van der Waals surface area contributed by atoms with E-state index >= 15 is 0 Å². The van der Waals surface area contributed by atoms with Gasteiger partial charge in [0.05, 0.1) is 19.2 Å². The van der Waals surface area contributed by atoms with Crippen LogP contribution in [0.3, 0.4) is 0 Å². The van der Waals surface area contributed by atoms with Crippen LogP contribution in [0, 0.1) is 20.8 Å². The molecule has 0 radical (unpaired) electrons. The number of aryl methyl sites for hydroxylation is 3. The molecule has 6 heterocycles. The summed E-state index contributed by atoms with van der Waals surface area (Å²) in [6.45, 7) is 14.0. The molecular weight excluding hydrogens is 907 g/mol. The summed E-state index contributed by atoms with van der Waals surface area (Å²) in [7, 11) is -1.92. The van der Waals surface area contributed by atoms with Crippen molar-refractivity contribution in [1.29, 1.82) is 0 Å². The Morgan fingerprint density at radius 3 is 1.92 bits per heavy atom. The maximum Gasteiger partial charge on any atom is 0.365 e. The topological polar surface area (TPSA) is 39.0 Å². The molecule has 0 saturated heterocycles. The Labute approximate surface area is 424 Å². The second kappa shape index (κ2) is 15.0. The standard InChI is InChI=1S/C67H51N3O2Si/c1-40-23-27-44(28-24-40)47-37-52(45-29-25-41(2)26-30-45)61-51-32-34-54-63(65(51)72-59(61)38-47)66-69(48-18-14-17-46(36-48)43-15-8-7-9-16-43)55-20-11-12-21-56(55)70(66)67(54)53-33-31-50-49-19-10-13-22-58(49)71-64(50)62(53)57-35-42(3)60(39-68(57)67)73(4,5)6/h7-39H,1-6H3/q+2. The quantitative estimate of drug-likeness (QED) is 0.127. The number of hydrogen-bond acceptors (Lipinski definition) is 2. The molecule has 1 atom stereocenters. The Kier molecular flexibility index (Phi) is 8.65. The summed E-state index contributed by atoms with van der Waals surface area (Å²) >= 11 is 0. The van der Waals surface area contributed by atoms with Crippen LogP contribution in [0.2, 0.25) is 19.6 Å². The van der Waals surface area contributed by atoms with E-state index in [2.05, 4.69) is 254 Å². The molecule has 1 unspecified atom stereocenters. The molecule has 5 nitrogen and oxygen atoms in total. The number of imidazole rings is 1. The largest absolute Gasteiger partial charge is 0.455 e. The predicted molar refractivity (Wildman–Crippen MR) is 301 cm³/mol. The van der Waals surface area contributed by atoms with Gasteiger partial charge in [-0.1, -0.05) is 152 Å². The molecule has 2 aliphatic heterocycles. The van der Waals surface area contributed by atoms with Crippen molar-refractivity contribution in [1.82, 2.24) is 4.57 Å². The van der Waals surface area contributed by atoms with Crippen molar-refractivity contribution in [2.24, 2.45) is 0 Å². The van der Waals surface area contributed by atoms with Gasteiger partial charge in [-0.3, -0.25) is 0 Å². The van der Waals surface area contributed by atoms with Gasteiger partial charge in [0.25, 0.3) is 0 Å². The van der Waals surface area contributed by atoms with Crippen molar-refractivity contribution >= 4 is 68.2 Å². The Morgan fingerprint density at radius 2 is 1.14 bits per heavy atom. The minimum atomic E-state index is -1.92. The van der Waals surface area contributed by atoms with Gasteiger partial charge in [-0.25, -0.2) is 0 Å². The van der Waals surface area contributed by atoms with Gasteiger partial charge in [0.15, 0.2) is 22.8 Å². The van der Waals surface area contributed by atoms with Gasteiger partial charge in [0.1, 0.15) is 33.6 Å². The van der Waals surface area contributed by atoms with Crippen LogP contribution in [0.15, 0.2) is 209 Å². The molecule has 348 valence electrons. The van der Waals surface area contributed by atoms with E-state index in [0.29, 0.717) is 0 Å². The van der Waals surface area contributed by atoms with E-state index in [4.69, 9.17) is 8.83 Å². The highest BCUT2D eigenvalue weighted by Gasteiger charge is 2.68. The molecule has 0 saturated carbocycles. The minimum Gasteiger partial charge on any atom is -0.455 e. The highest BCUT2D eigenvalue weighted by Crippen LogP contribution is 2.55. The van der Waals surface area contributed by atoms with Crippen LogP contribution in [0.4, 0.5) is 0 Å². The van der Waals surface area contributed by atoms with Gasteiger partial charge in [0, 0.05) is 32.8 Å². The van der Waals surface area contributed by atoms with E-state index in [1.165, 1.54) is 33.0 Å². The zero-order valence-electron chi connectivity index (χ0n) is 41.7. The van der Waals surface area contributed by atoms with Crippen LogP contribution in [0.5, 0.6) is 0 Å². The summed E-state index contributed by atoms with van der Waals surface area (Å²) in [6.07, 6.45) is 2.52. The van der Waals surface area contributed by atoms with Gasteiger partial charge in [-0.2, -0.15) is 4.57 Å². The van der Waals surface area contributed by atoms with Crippen LogP contribution >= 0.6 is 0 Å². The molecule has 0 N–H and O–H groups in total. The molecular formula is C67H51N3O2Si+2. The molecule has 0 bridgehead atoms. The van der Waals surface area contributed by atoms with Crippen LogP contribution in [0.25, 0.3) is 117 Å². The maximum absolute atomic E-state index is 7.64. The van der Waals surface area contributed by atoms with Crippen LogP contribution < -0.4 is 14.3 Å². The highest BCUT2D eigenvalue weighted by atomic mass is 28.3. The van der Waals surface area contributed by atoms with Crippen molar-refractivity contribution in [2.75, 3.05) is 0 Å². The van der Waals surface area contributed by atoms with E-state index in [-0.39, 0.29) is 0 Å². The highest BCUT2D eigenvalue weighted by molar-refractivity contribution is 6.89. The third-order valence-electron chi connectivity index (χ3n) is 16.0. The molecule has 4 aromatic heterocycles. The lowest BCUT2D eigenvalue weighted by atomic mass is 9.87. The molecule has 0 aliphatic carbocycles. The first-order chi connectivity index (χ1) is 35.6. The fraction of sp³-hybridized carbons (Fsp3) is 0.104. The molecule has 9 aromatic carbocycles. The van der Waals surface area contributed by atoms with Gasteiger partial charge in [0.2, 0.25) is 5.69 Å². The summed E-state index contributed by atoms with van der Waals surface area (Å²) in [5.41, 5.74) is 22.3. The van der Waals surface area contributed by atoms with E-state index in [1.807, 2.05) is 0 Å². The summed E-state index contributed by atoms with van der Waals surface area (Å²) in [6, 6.07) is 71.6. The van der Waals surface area contributed by atoms with E-state index in [0.717, 1.165) is 117 Å². The normalized spacial score (nSPS) is 14.8. The number of fused-ring (bicyclic) bond motifs is 20. The SMILES string of the molecule is Cc1ccc(-c2cc(-c3ccc(C)cc3)c3c(c2)oc2c4c(ccc23)C2(c3ccc5c(oc6ccccc65)c3-c3cc(C)c([Si](C)(C)C)c[n+]32)[n+]2c-4n(-c3cccc(-c4ccccc4)c3)c3ccccc32)cc1. The lowest BCUT2D eigenvalue weighted by Crippen LogP contribution is -2.72. The third-order valence-corrected chi connectivity index (χ3v) is 18.2. The number of rotatable bonds is 5. The first kappa shape index (κ1) is 42.1. The molecule has 2 aliphatic rings. The number of benzene rings is 9. The van der Waals surface area contributed by atoms with Gasteiger partial charge in [-0.05, 0) is 126 Å². The number of para-hydroxylation sites is 3. The first-order valence-electron chi connectivity index (χ1n) is 25.5. The molecule has 0 fully saturated rings. The lowest BCUT2D eigenvalue weighted by molar-refractivity contribution is -0.944. The smallest absolute Gasteiger partial charge is 0.365 e. The van der Waals surface area contributed by atoms with Gasteiger partial charge >= 0.3 is 11.5 Å². The Balaban J connectivity index is 1.14. The Morgan fingerprint density at radius 1 is 0.493 bits per heavy atom. The number of hydrogen-bond donors (Lipinski definition) is 0. The number of aromatic nitrogens is 3. The molecule has 1 spiro atoms. The van der Waals surface area contributed by atoms with Crippen LogP contribution in [-0.2, 0) is 5.66 Å². The summed E-state index contributed by atoms with van der Waals surface area (Å²) in [5.74, 6) is 1.06. The molecule has 13 aromatic rings. The van der Waals surface area contributed by atoms with Gasteiger partial charge < -0.3 is 8.83 Å². The number of furan rings is 2. The van der Waals surface area contributed by atoms with Gasteiger partial charge in [-0.15, -0.1) is 9.13 Å². The molecule has 0 amide bonds. The fourth-order valence-electron chi connectivity index (χ4n) is 12.8. The summed E-state index contributed by atoms with van der Waals surface area (Å²) in [5, 5.41) is 5.86. The van der Waals surface area contributed by atoms with E-state index in [1.54, 1.807) is 0 Å². The predicted octanol–water partition coefficient (Wildman–Crippen LogP) is 15.7. The fourth-order valence-corrected chi connectivity index (χ4v) is 14.6. The Hall–Kier alpha value is -8.58. The first-order valence-corrected chi connectivity index (χ1v) is 29.0. The number of pyridine rings is 1. The average Bonchev–Trinajstić information content (AvgIpc) is 4.20. The van der Waals surface area contributed by atoms with Crippen molar-refractivity contribution < 1.29 is 18.0 Å². The van der Waals surface area contributed by atoms with E-state index in [9.17, 15) is 0 Å². The molecule has 15 rings (SSSR count). The van der Waals surface area contributed by atoms with Crippen molar-refractivity contribution in [3.63, 3.8) is 0 Å². The summed E-state index contributed by atoms with van der Waals surface area (Å²) < 4.78 is 22.5. The maximum atomic E-state index is 7.64. The second-order valence-corrected chi connectivity index (χ2v) is 26.5. The zero-order chi connectivity index (χ0) is 49.1. The lowest BCUT2D eigenvalue weighted by Gasteiger charge is -2.23. The van der Waals surface area contributed by atoms with Crippen molar-refractivity contribution in [2.45, 2.75) is 46.1 Å². The van der Waals surface area contributed by atoms with E-state index < -0.39 is 13.7 Å². The average molecular weight is 958 g/mol. The third kappa shape index (κ3) is 5.78. The number of nitrogens with zero attached hydrogens (tertiary/aromatic N) is 3. The van der Waals surface area contributed by atoms with Crippen molar-refractivity contribution in [3.8, 4) is 61.7 Å². The summed E-state index contributed by atoms with van der Waals surface area (Å²) in [4.78, 5) is 0. The molecule has 6 heteroatoms. The molecule has 73 heavy (non-hydrogen) atoms. The Bertz CT molecular complexity index is 4490. The van der Waals surface area contributed by atoms with Crippen molar-refractivity contribution in [3.05, 3.63) is 228 Å². The zero-order valence-corrected chi connectivity index (χ0v) is 42.7.